The van der Waals surface area contributed by atoms with Crippen LogP contribution in [-0.4, -0.2) is 11.4 Å². The van der Waals surface area contributed by atoms with Gasteiger partial charge in [-0.25, -0.2) is 0 Å². The van der Waals surface area contributed by atoms with Gasteiger partial charge in [-0.3, -0.25) is 5.41 Å². The molecule has 0 saturated heterocycles. The fraction of sp³-hybridized carbons (Fsp3) is 0.462. The SMILES string of the molecule is CCC(C)(C)OCc1cccc(C(=N)N)c1. The molecular weight excluding hydrogens is 200 g/mol. The number of nitrogens with one attached hydrogen (secondary N) is 1. The van der Waals surface area contributed by atoms with E-state index < -0.39 is 0 Å². The van der Waals surface area contributed by atoms with Crippen molar-refractivity contribution in [3.63, 3.8) is 0 Å². The van der Waals surface area contributed by atoms with Crippen molar-refractivity contribution in [3.8, 4) is 0 Å². The summed E-state index contributed by atoms with van der Waals surface area (Å²) in [5.41, 5.74) is 7.12. The number of nitrogen functional groups attached to an aromatic ring is 1. The molecule has 0 amide bonds. The summed E-state index contributed by atoms with van der Waals surface area (Å²) in [5, 5.41) is 7.36. The van der Waals surface area contributed by atoms with Gasteiger partial charge in [-0.05, 0) is 31.9 Å². The number of amidine groups is 1. The largest absolute Gasteiger partial charge is 0.384 e. The van der Waals surface area contributed by atoms with Crippen LogP contribution in [0.15, 0.2) is 24.3 Å². The lowest BCUT2D eigenvalue weighted by Gasteiger charge is -2.23. The predicted molar refractivity (Wildman–Crippen MR) is 66.6 cm³/mol. The molecule has 0 fully saturated rings. The third-order valence-electron chi connectivity index (χ3n) is 2.72. The third kappa shape index (κ3) is 3.66. The van der Waals surface area contributed by atoms with E-state index in [0.29, 0.717) is 6.61 Å². The molecule has 0 radical (unpaired) electrons. The van der Waals surface area contributed by atoms with E-state index >= 15 is 0 Å². The summed E-state index contributed by atoms with van der Waals surface area (Å²) in [6.45, 7) is 6.80. The molecule has 0 atom stereocenters. The predicted octanol–water partition coefficient (Wildman–Crippen LogP) is 2.68. The number of hydrogen-bond donors (Lipinski definition) is 2. The van der Waals surface area contributed by atoms with Gasteiger partial charge in [-0.15, -0.1) is 0 Å². The van der Waals surface area contributed by atoms with Gasteiger partial charge >= 0.3 is 0 Å². The van der Waals surface area contributed by atoms with Gasteiger partial charge in [-0.2, -0.15) is 0 Å². The first-order valence-corrected chi connectivity index (χ1v) is 5.52. The van der Waals surface area contributed by atoms with Crippen molar-refractivity contribution in [2.45, 2.75) is 39.4 Å². The first-order chi connectivity index (χ1) is 7.44. The Labute approximate surface area is 97.1 Å². The fourth-order valence-corrected chi connectivity index (χ4v) is 1.21. The summed E-state index contributed by atoms with van der Waals surface area (Å²) in [5.74, 6) is 0.0941. The van der Waals surface area contributed by atoms with Crippen LogP contribution in [0.1, 0.15) is 38.3 Å². The quantitative estimate of drug-likeness (QED) is 0.592. The number of hydrogen-bond acceptors (Lipinski definition) is 2. The maximum atomic E-state index is 7.36. The molecule has 0 aromatic heterocycles. The number of benzene rings is 1. The van der Waals surface area contributed by atoms with E-state index in [0.717, 1.165) is 17.5 Å². The Morgan fingerprint density at radius 3 is 2.69 bits per heavy atom. The van der Waals surface area contributed by atoms with Gasteiger partial charge in [0.25, 0.3) is 0 Å². The topological polar surface area (TPSA) is 59.1 Å². The van der Waals surface area contributed by atoms with E-state index in [-0.39, 0.29) is 11.4 Å². The molecule has 16 heavy (non-hydrogen) atoms. The van der Waals surface area contributed by atoms with Gasteiger partial charge in [0.2, 0.25) is 0 Å². The average molecular weight is 220 g/mol. The van der Waals surface area contributed by atoms with Crippen LogP contribution >= 0.6 is 0 Å². The first kappa shape index (κ1) is 12.7. The summed E-state index contributed by atoms with van der Waals surface area (Å²) in [6.07, 6.45) is 0.972. The molecule has 1 aromatic carbocycles. The minimum Gasteiger partial charge on any atom is -0.384 e. The Kier molecular flexibility index (Phi) is 4.07. The molecule has 0 aliphatic carbocycles. The van der Waals surface area contributed by atoms with Crippen molar-refractivity contribution in [1.82, 2.24) is 0 Å². The zero-order valence-electron chi connectivity index (χ0n) is 10.2. The van der Waals surface area contributed by atoms with Gasteiger partial charge in [0.05, 0.1) is 12.2 Å². The van der Waals surface area contributed by atoms with Gasteiger partial charge < -0.3 is 10.5 Å². The van der Waals surface area contributed by atoms with E-state index in [9.17, 15) is 0 Å². The summed E-state index contributed by atoms with van der Waals surface area (Å²) in [6, 6.07) is 7.61. The molecule has 0 heterocycles. The molecule has 0 aliphatic rings. The number of ether oxygens (including phenoxy) is 1. The Bertz CT molecular complexity index is 372. The van der Waals surface area contributed by atoms with E-state index in [1.807, 2.05) is 24.3 Å². The molecule has 0 bridgehead atoms. The first-order valence-electron chi connectivity index (χ1n) is 5.52. The zero-order chi connectivity index (χ0) is 12.2. The monoisotopic (exact) mass is 220 g/mol. The average Bonchev–Trinajstić information content (AvgIpc) is 2.27. The Morgan fingerprint density at radius 1 is 1.44 bits per heavy atom. The van der Waals surface area contributed by atoms with Gasteiger partial charge in [0.1, 0.15) is 5.84 Å². The number of nitrogens with two attached hydrogens (primary N) is 1. The van der Waals surface area contributed by atoms with E-state index in [1.54, 1.807) is 0 Å². The summed E-state index contributed by atoms with van der Waals surface area (Å²) in [4.78, 5) is 0. The molecule has 3 heteroatoms. The highest BCUT2D eigenvalue weighted by Gasteiger charge is 2.15. The smallest absolute Gasteiger partial charge is 0.122 e. The lowest BCUT2D eigenvalue weighted by molar-refractivity contribution is -0.0316. The van der Waals surface area contributed by atoms with Crippen LogP contribution in [0.25, 0.3) is 0 Å². The molecular formula is C13H20N2O. The third-order valence-corrected chi connectivity index (χ3v) is 2.72. The van der Waals surface area contributed by atoms with E-state index in [4.69, 9.17) is 15.9 Å². The molecule has 0 unspecified atom stereocenters. The second kappa shape index (κ2) is 5.12. The highest BCUT2D eigenvalue weighted by atomic mass is 16.5. The maximum Gasteiger partial charge on any atom is 0.122 e. The van der Waals surface area contributed by atoms with Gasteiger partial charge in [-0.1, -0.05) is 25.1 Å². The second-order valence-electron chi connectivity index (χ2n) is 4.52. The van der Waals surface area contributed by atoms with Crippen LogP contribution in [0, 0.1) is 5.41 Å². The van der Waals surface area contributed by atoms with E-state index in [2.05, 4.69) is 20.8 Å². The molecule has 1 rings (SSSR count). The van der Waals surface area contributed by atoms with Gasteiger partial charge in [0.15, 0.2) is 0 Å². The maximum absolute atomic E-state index is 7.36. The fourth-order valence-electron chi connectivity index (χ4n) is 1.21. The lowest BCUT2D eigenvalue weighted by Crippen LogP contribution is -2.22. The van der Waals surface area contributed by atoms with Crippen molar-refractivity contribution < 1.29 is 4.74 Å². The minimum atomic E-state index is -0.105. The molecule has 0 saturated carbocycles. The Balaban J connectivity index is 2.68. The second-order valence-corrected chi connectivity index (χ2v) is 4.52. The van der Waals surface area contributed by atoms with E-state index in [1.165, 1.54) is 0 Å². The minimum absolute atomic E-state index is 0.0941. The molecule has 1 aromatic rings. The zero-order valence-corrected chi connectivity index (χ0v) is 10.2. The van der Waals surface area contributed by atoms with Crippen LogP contribution in [0.5, 0.6) is 0 Å². The molecule has 3 nitrogen and oxygen atoms in total. The Hall–Kier alpha value is -1.35. The normalized spacial score (nSPS) is 11.4. The molecule has 3 N–H and O–H groups in total. The van der Waals surface area contributed by atoms with Crippen LogP contribution in [0.4, 0.5) is 0 Å². The lowest BCUT2D eigenvalue weighted by atomic mass is 10.1. The van der Waals surface area contributed by atoms with Crippen molar-refractivity contribution in [2.24, 2.45) is 5.73 Å². The Morgan fingerprint density at radius 2 is 2.12 bits per heavy atom. The summed E-state index contributed by atoms with van der Waals surface area (Å²) in [7, 11) is 0. The van der Waals surface area contributed by atoms with Crippen molar-refractivity contribution in [2.75, 3.05) is 0 Å². The highest BCUT2D eigenvalue weighted by Crippen LogP contribution is 2.16. The van der Waals surface area contributed by atoms with Crippen LogP contribution in [-0.2, 0) is 11.3 Å². The molecule has 0 aliphatic heterocycles. The van der Waals surface area contributed by atoms with Gasteiger partial charge in [0, 0.05) is 5.56 Å². The van der Waals surface area contributed by atoms with Crippen LogP contribution < -0.4 is 5.73 Å². The molecule has 0 spiro atoms. The van der Waals surface area contributed by atoms with Crippen molar-refractivity contribution in [3.05, 3.63) is 35.4 Å². The van der Waals surface area contributed by atoms with Crippen molar-refractivity contribution in [1.29, 1.82) is 5.41 Å². The van der Waals surface area contributed by atoms with Crippen LogP contribution in [0.2, 0.25) is 0 Å². The summed E-state index contributed by atoms with van der Waals surface area (Å²) < 4.78 is 5.79. The summed E-state index contributed by atoms with van der Waals surface area (Å²) >= 11 is 0. The number of rotatable bonds is 5. The molecule has 88 valence electrons. The van der Waals surface area contributed by atoms with Crippen LogP contribution in [0.3, 0.4) is 0 Å². The standard InChI is InChI=1S/C13H20N2O/c1-4-13(2,3)16-9-10-6-5-7-11(8-10)12(14)15/h5-8H,4,9H2,1-3H3,(H3,14,15). The highest BCUT2D eigenvalue weighted by molar-refractivity contribution is 5.95. The van der Waals surface area contributed by atoms with Crippen molar-refractivity contribution >= 4 is 5.84 Å².